The highest BCUT2D eigenvalue weighted by molar-refractivity contribution is 7.09. The molecule has 2 aliphatic rings. The van der Waals surface area contributed by atoms with Crippen LogP contribution in [0.1, 0.15) is 32.8 Å². The fourth-order valence-corrected chi connectivity index (χ4v) is 5.16. The average Bonchev–Trinajstić information content (AvgIpc) is 3.56. The molecule has 2 atom stereocenters. The number of amides is 1. The third kappa shape index (κ3) is 5.54. The van der Waals surface area contributed by atoms with Gasteiger partial charge in [0.2, 0.25) is 0 Å². The lowest BCUT2D eigenvalue weighted by Crippen LogP contribution is -2.49. The summed E-state index contributed by atoms with van der Waals surface area (Å²) in [6, 6.07) is 12.6. The highest BCUT2D eigenvalue weighted by atomic mass is 32.1. The molecule has 36 heavy (non-hydrogen) atoms. The maximum absolute atomic E-state index is 13.2. The second-order valence-electron chi connectivity index (χ2n) is 8.57. The highest BCUT2D eigenvalue weighted by Gasteiger charge is 2.45. The minimum absolute atomic E-state index is 0.105. The minimum Gasteiger partial charge on any atom is -0.497 e. The fourth-order valence-electron chi connectivity index (χ4n) is 4.55. The molecule has 0 spiro atoms. The van der Waals surface area contributed by atoms with Crippen LogP contribution in [-0.2, 0) is 17.9 Å². The van der Waals surface area contributed by atoms with E-state index in [2.05, 4.69) is 32.0 Å². The molecule has 1 fully saturated rings. The maximum atomic E-state index is 13.2. The van der Waals surface area contributed by atoms with Gasteiger partial charge in [0.15, 0.2) is 0 Å². The van der Waals surface area contributed by atoms with Gasteiger partial charge in [-0.25, -0.2) is 9.78 Å². The van der Waals surface area contributed by atoms with Crippen molar-refractivity contribution >= 4 is 23.2 Å². The number of carboxylic acid groups (broad SMARTS) is 1. The number of aryl methyl sites for hydroxylation is 1. The molecule has 1 N–H and O–H groups in total. The largest absolute Gasteiger partial charge is 0.497 e. The second-order valence-corrected chi connectivity index (χ2v) is 9.63. The van der Waals surface area contributed by atoms with Gasteiger partial charge >= 0.3 is 12.1 Å². The topological polar surface area (TPSA) is 87.9 Å². The number of hydrogen-bond acceptors (Lipinski definition) is 6. The Hall–Kier alpha value is -3.38. The Morgan fingerprint density at radius 3 is 2.42 bits per heavy atom. The van der Waals surface area contributed by atoms with Gasteiger partial charge in [-0.15, -0.1) is 11.3 Å². The van der Waals surface area contributed by atoms with Crippen LogP contribution < -0.4 is 4.74 Å². The zero-order valence-corrected chi connectivity index (χ0v) is 20.4. The number of ether oxygens (including phenoxy) is 1. The molecule has 4 heterocycles. The number of aromatic nitrogens is 2. The molecule has 8 nitrogen and oxygen atoms in total. The molecule has 12 heteroatoms. The molecule has 0 radical (unpaired) electrons. The molecule has 0 bridgehead atoms. The molecule has 2 aliphatic heterocycles. The van der Waals surface area contributed by atoms with Gasteiger partial charge in [-0.1, -0.05) is 12.1 Å². The van der Waals surface area contributed by atoms with Crippen molar-refractivity contribution < 1.29 is 32.6 Å². The number of alkyl halides is 3. The van der Waals surface area contributed by atoms with Crippen LogP contribution in [0.4, 0.5) is 13.2 Å². The van der Waals surface area contributed by atoms with Gasteiger partial charge in [-0.2, -0.15) is 13.2 Å². The van der Waals surface area contributed by atoms with E-state index >= 15 is 0 Å². The first-order valence-electron chi connectivity index (χ1n) is 11.1. The lowest BCUT2D eigenvalue weighted by atomic mass is 10.1. The van der Waals surface area contributed by atoms with Gasteiger partial charge in [0.05, 0.1) is 36.4 Å². The van der Waals surface area contributed by atoms with Crippen LogP contribution in [-0.4, -0.2) is 68.8 Å². The normalized spacial score (nSPS) is 19.4. The van der Waals surface area contributed by atoms with E-state index < -0.39 is 12.1 Å². The summed E-state index contributed by atoms with van der Waals surface area (Å²) in [5.74, 6) is -1.78. The zero-order chi connectivity index (χ0) is 26.0. The van der Waals surface area contributed by atoms with E-state index in [1.165, 1.54) is 5.56 Å². The Kier molecular flexibility index (Phi) is 7.36. The quantitative estimate of drug-likeness (QED) is 0.546. The minimum atomic E-state index is -5.08. The molecule has 1 amide bonds. The van der Waals surface area contributed by atoms with Crippen LogP contribution in [0.25, 0.3) is 0 Å². The average molecular weight is 523 g/mol. The van der Waals surface area contributed by atoms with Crippen molar-refractivity contribution in [3.05, 3.63) is 69.9 Å². The Morgan fingerprint density at radius 2 is 1.83 bits per heavy atom. The maximum Gasteiger partial charge on any atom is 0.490 e. The first kappa shape index (κ1) is 25.7. The summed E-state index contributed by atoms with van der Waals surface area (Å²) < 4.78 is 39.2. The van der Waals surface area contributed by atoms with Gasteiger partial charge in [0.1, 0.15) is 11.4 Å². The van der Waals surface area contributed by atoms with E-state index in [0.29, 0.717) is 6.54 Å². The number of methoxy groups -OCH3 is 1. The van der Waals surface area contributed by atoms with E-state index in [1.54, 1.807) is 18.4 Å². The summed E-state index contributed by atoms with van der Waals surface area (Å²) in [6.45, 7) is 5.24. The standard InChI is InChI=1S/C22H24N4O2S.C2HF3O2/c1-15-23-17(14-29-15)11-26-21-13-24(10-16-5-7-18(28-2)8-6-16)12-20(21)25-9-3-4-19(25)22(26)27;3-2(4,5)1(6)7/h3-9,14,20-21H,10-13H2,1-2H3;(H,6,7). The predicted octanol–water partition coefficient (Wildman–Crippen LogP) is 3.98. The van der Waals surface area contributed by atoms with Crippen LogP contribution in [0.5, 0.6) is 5.75 Å². The van der Waals surface area contributed by atoms with E-state index in [0.717, 1.165) is 41.8 Å². The van der Waals surface area contributed by atoms with Crippen molar-refractivity contribution in [3.8, 4) is 5.75 Å². The first-order valence-corrected chi connectivity index (χ1v) is 12.0. The number of halogens is 3. The summed E-state index contributed by atoms with van der Waals surface area (Å²) in [5.41, 5.74) is 3.02. The summed E-state index contributed by atoms with van der Waals surface area (Å²) in [6.07, 6.45) is -3.04. The molecule has 1 saturated heterocycles. The molecule has 0 aliphatic carbocycles. The van der Waals surface area contributed by atoms with E-state index in [-0.39, 0.29) is 18.0 Å². The Labute approximate surface area is 209 Å². The number of carbonyl (C=O) groups is 2. The van der Waals surface area contributed by atoms with Crippen molar-refractivity contribution in [1.82, 2.24) is 19.4 Å². The van der Waals surface area contributed by atoms with Gasteiger partial charge in [-0.3, -0.25) is 9.69 Å². The molecule has 5 rings (SSSR count). The molecule has 1 aromatic carbocycles. The summed E-state index contributed by atoms with van der Waals surface area (Å²) >= 11 is 1.64. The van der Waals surface area contributed by atoms with Crippen LogP contribution >= 0.6 is 11.3 Å². The van der Waals surface area contributed by atoms with Crippen molar-refractivity contribution in [2.24, 2.45) is 0 Å². The number of nitrogens with zero attached hydrogens (tertiary/aromatic N) is 4. The Balaban J connectivity index is 0.000000384. The molecule has 0 saturated carbocycles. The number of likely N-dealkylation sites (tertiary alicyclic amines) is 1. The number of rotatable bonds is 5. The van der Waals surface area contributed by atoms with Crippen LogP contribution in [0.3, 0.4) is 0 Å². The van der Waals surface area contributed by atoms with Crippen LogP contribution in [0.2, 0.25) is 0 Å². The summed E-state index contributed by atoms with van der Waals surface area (Å²) in [4.78, 5) is 31.2. The molecule has 3 aromatic rings. The third-order valence-corrected chi connectivity index (χ3v) is 6.98. The van der Waals surface area contributed by atoms with Gasteiger partial charge in [0, 0.05) is 31.2 Å². The van der Waals surface area contributed by atoms with Crippen molar-refractivity contribution in [1.29, 1.82) is 0 Å². The first-order chi connectivity index (χ1) is 17.1. The fraction of sp³-hybridized carbons (Fsp3) is 0.375. The predicted molar refractivity (Wildman–Crippen MR) is 126 cm³/mol. The lowest BCUT2D eigenvalue weighted by molar-refractivity contribution is -0.192. The van der Waals surface area contributed by atoms with Crippen LogP contribution in [0, 0.1) is 6.92 Å². The monoisotopic (exact) mass is 522 g/mol. The van der Waals surface area contributed by atoms with Crippen molar-refractivity contribution in [2.75, 3.05) is 20.2 Å². The van der Waals surface area contributed by atoms with Gasteiger partial charge in [0.25, 0.3) is 5.91 Å². The lowest BCUT2D eigenvalue weighted by Gasteiger charge is -2.38. The molecule has 192 valence electrons. The van der Waals surface area contributed by atoms with Gasteiger partial charge in [-0.05, 0) is 36.8 Å². The number of carboxylic acids is 1. The Bertz CT molecular complexity index is 1220. The van der Waals surface area contributed by atoms with E-state index in [1.807, 2.05) is 42.3 Å². The van der Waals surface area contributed by atoms with Gasteiger partial charge < -0.3 is 19.3 Å². The molecule has 2 unspecified atom stereocenters. The Morgan fingerprint density at radius 1 is 1.17 bits per heavy atom. The van der Waals surface area contributed by atoms with Crippen molar-refractivity contribution in [2.45, 2.75) is 38.3 Å². The number of fused-ring (bicyclic) bond motifs is 3. The van der Waals surface area contributed by atoms with Crippen LogP contribution in [0.15, 0.2) is 48.0 Å². The third-order valence-electron chi connectivity index (χ3n) is 6.16. The number of aliphatic carboxylic acids is 1. The SMILES string of the molecule is COc1ccc(CN2CC3C(C2)n2cccc2C(=O)N3Cc2csc(C)n2)cc1.O=C(O)C(F)(F)F. The second kappa shape index (κ2) is 10.3. The van der Waals surface area contributed by atoms with Crippen molar-refractivity contribution in [3.63, 3.8) is 0 Å². The smallest absolute Gasteiger partial charge is 0.490 e. The summed E-state index contributed by atoms with van der Waals surface area (Å²) in [5, 5.41) is 10.2. The number of hydrogen-bond donors (Lipinski definition) is 1. The molecule has 2 aromatic heterocycles. The number of thiazole rings is 1. The summed E-state index contributed by atoms with van der Waals surface area (Å²) in [7, 11) is 1.68. The number of benzene rings is 1. The zero-order valence-electron chi connectivity index (χ0n) is 19.6. The molecular weight excluding hydrogens is 497 g/mol. The highest BCUT2D eigenvalue weighted by Crippen LogP contribution is 2.35. The molecular formula is C24H25F3N4O4S. The number of carbonyl (C=O) groups excluding carboxylic acids is 1. The van der Waals surface area contributed by atoms with E-state index in [4.69, 9.17) is 14.6 Å². The van der Waals surface area contributed by atoms with E-state index in [9.17, 15) is 18.0 Å².